The van der Waals surface area contributed by atoms with Crippen molar-refractivity contribution in [1.29, 1.82) is 0 Å². The first-order valence-corrected chi connectivity index (χ1v) is 4.96. The predicted molar refractivity (Wildman–Crippen MR) is 54.3 cm³/mol. The Hall–Kier alpha value is -1.40. The maximum Gasteiger partial charge on any atom is 0.256 e. The van der Waals surface area contributed by atoms with Gasteiger partial charge in [0.2, 0.25) is 0 Å². The van der Waals surface area contributed by atoms with Gasteiger partial charge in [-0.05, 0) is 6.92 Å². The van der Waals surface area contributed by atoms with Crippen LogP contribution < -0.4 is 9.67 Å². The van der Waals surface area contributed by atoms with Crippen LogP contribution in [0.15, 0.2) is 12.4 Å². The number of nitrogens with one attached hydrogen (secondary N) is 1. The van der Waals surface area contributed by atoms with Crippen molar-refractivity contribution in [2.45, 2.75) is 13.3 Å². The first kappa shape index (κ1) is 14.6. The Kier molecular flexibility index (Phi) is 8.10. The number of rotatable bonds is 5. The second-order valence-corrected chi connectivity index (χ2v) is 3.10. The number of H-pyrrole nitrogens is 1. The van der Waals surface area contributed by atoms with Crippen LogP contribution in [0, 0.1) is 0 Å². The van der Waals surface area contributed by atoms with E-state index in [0.29, 0.717) is 13.2 Å². The average molecular weight is 230 g/mol. The van der Waals surface area contributed by atoms with E-state index in [1.807, 2.05) is 24.0 Å². The molecule has 16 heavy (non-hydrogen) atoms. The normalized spacial score (nSPS) is 9.44. The van der Waals surface area contributed by atoms with Gasteiger partial charge in [0, 0.05) is 5.97 Å². The number of ether oxygens (including phenoxy) is 1. The molecule has 0 amide bonds. The van der Waals surface area contributed by atoms with Crippen LogP contribution in [0.1, 0.15) is 12.7 Å². The highest BCUT2D eigenvalue weighted by Gasteiger charge is 2.04. The largest absolute Gasteiger partial charge is 0.550 e. The maximum atomic E-state index is 8.89. The Morgan fingerprint density at radius 3 is 2.69 bits per heavy atom. The Labute approximate surface area is 94.5 Å². The molecule has 0 saturated carbocycles. The molecule has 0 bridgehead atoms. The molecule has 92 valence electrons. The number of carbonyl (C=O) groups excluding carboxylic acids is 1. The zero-order chi connectivity index (χ0) is 12.4. The lowest BCUT2D eigenvalue weighted by Gasteiger charge is -1.98. The second-order valence-electron chi connectivity index (χ2n) is 3.10. The summed E-state index contributed by atoms with van der Waals surface area (Å²) in [5.41, 5.74) is 0. The minimum absolute atomic E-state index is 0.0941. The SMILES string of the molecule is CC(=O)[O-].C[n+]1cc[nH]c1CCOCCO. The lowest BCUT2D eigenvalue weighted by atomic mass is 10.4. The zero-order valence-electron chi connectivity index (χ0n) is 9.60. The van der Waals surface area contributed by atoms with Gasteiger partial charge < -0.3 is 19.7 Å². The van der Waals surface area contributed by atoms with Crippen LogP contribution in [0.2, 0.25) is 0 Å². The van der Waals surface area contributed by atoms with Gasteiger partial charge in [0.15, 0.2) is 0 Å². The molecule has 2 N–H and O–H groups in total. The summed E-state index contributed by atoms with van der Waals surface area (Å²) in [6.07, 6.45) is 4.70. The molecule has 0 unspecified atom stereocenters. The Balaban J connectivity index is 0.000000487. The standard InChI is InChI=1S/C8H14N2O2.C2H4O2/c1-10-4-3-9-8(10)2-6-12-7-5-11;1-2(3)4/h3-4,11H,2,5-7H2,1H3;1H3,(H,3,4). The number of carbonyl (C=O) groups is 1. The van der Waals surface area contributed by atoms with Gasteiger partial charge in [0.25, 0.3) is 5.82 Å². The van der Waals surface area contributed by atoms with Crippen LogP contribution in [-0.4, -0.2) is 35.9 Å². The molecule has 1 rings (SSSR count). The number of aliphatic hydroxyl groups is 1. The molecule has 0 spiro atoms. The molecule has 0 aliphatic rings. The fourth-order valence-corrected chi connectivity index (χ4v) is 1.02. The molecule has 1 aromatic heterocycles. The number of aliphatic carboxylic acids is 1. The van der Waals surface area contributed by atoms with E-state index < -0.39 is 5.97 Å². The molecular formula is C10H18N2O4. The summed E-state index contributed by atoms with van der Waals surface area (Å²) in [6.45, 7) is 2.14. The Morgan fingerprint density at radius 2 is 2.25 bits per heavy atom. The molecule has 0 atom stereocenters. The summed E-state index contributed by atoms with van der Waals surface area (Å²) in [6, 6.07) is 0. The van der Waals surface area contributed by atoms with E-state index in [9.17, 15) is 0 Å². The highest BCUT2D eigenvalue weighted by Crippen LogP contribution is 1.87. The second kappa shape index (κ2) is 8.87. The van der Waals surface area contributed by atoms with E-state index in [0.717, 1.165) is 19.2 Å². The summed E-state index contributed by atoms with van der Waals surface area (Å²) in [7, 11) is 1.98. The monoisotopic (exact) mass is 230 g/mol. The molecule has 0 fully saturated rings. The van der Waals surface area contributed by atoms with Crippen LogP contribution in [0.25, 0.3) is 0 Å². The Morgan fingerprint density at radius 1 is 1.62 bits per heavy atom. The third-order valence-corrected chi connectivity index (χ3v) is 1.69. The van der Waals surface area contributed by atoms with Crippen LogP contribution in [0.5, 0.6) is 0 Å². The molecule has 0 aliphatic heterocycles. The number of hydrogen-bond donors (Lipinski definition) is 2. The molecule has 6 heteroatoms. The molecule has 1 aromatic rings. The van der Waals surface area contributed by atoms with Gasteiger partial charge >= 0.3 is 0 Å². The highest BCUT2D eigenvalue weighted by atomic mass is 16.5. The number of hydrogen-bond acceptors (Lipinski definition) is 4. The van der Waals surface area contributed by atoms with E-state index in [1.54, 1.807) is 0 Å². The van der Waals surface area contributed by atoms with Crippen molar-refractivity contribution in [3.63, 3.8) is 0 Å². The van der Waals surface area contributed by atoms with E-state index in [2.05, 4.69) is 4.98 Å². The third-order valence-electron chi connectivity index (χ3n) is 1.69. The van der Waals surface area contributed by atoms with Crippen molar-refractivity contribution >= 4 is 5.97 Å². The number of aromatic nitrogens is 2. The van der Waals surface area contributed by atoms with E-state index in [1.165, 1.54) is 0 Å². The molecule has 0 aliphatic carbocycles. The van der Waals surface area contributed by atoms with E-state index in [4.69, 9.17) is 19.7 Å². The van der Waals surface area contributed by atoms with Crippen molar-refractivity contribution in [3.8, 4) is 0 Å². The lowest BCUT2D eigenvalue weighted by Crippen LogP contribution is -2.31. The highest BCUT2D eigenvalue weighted by molar-refractivity contribution is 5.60. The summed E-state index contributed by atoms with van der Waals surface area (Å²) in [5.74, 6) is 0.0490. The third kappa shape index (κ3) is 7.95. The first-order valence-electron chi connectivity index (χ1n) is 4.96. The van der Waals surface area contributed by atoms with Crippen molar-refractivity contribution in [2.75, 3.05) is 19.8 Å². The fourth-order valence-electron chi connectivity index (χ4n) is 1.02. The lowest BCUT2D eigenvalue weighted by molar-refractivity contribution is -0.677. The molecule has 0 aromatic carbocycles. The molecular weight excluding hydrogens is 212 g/mol. The number of carboxylic acids is 1. The minimum Gasteiger partial charge on any atom is -0.550 e. The van der Waals surface area contributed by atoms with Crippen LogP contribution in [0.3, 0.4) is 0 Å². The van der Waals surface area contributed by atoms with Gasteiger partial charge in [-0.15, -0.1) is 0 Å². The number of carboxylic acid groups (broad SMARTS) is 1. The molecule has 6 nitrogen and oxygen atoms in total. The fraction of sp³-hybridized carbons (Fsp3) is 0.600. The number of aliphatic hydroxyl groups excluding tert-OH is 1. The number of aryl methyl sites for hydroxylation is 1. The van der Waals surface area contributed by atoms with E-state index >= 15 is 0 Å². The average Bonchev–Trinajstić information content (AvgIpc) is 2.58. The van der Waals surface area contributed by atoms with Gasteiger partial charge in [0.1, 0.15) is 12.4 Å². The molecule has 0 radical (unpaired) electrons. The van der Waals surface area contributed by atoms with Crippen molar-refractivity contribution in [1.82, 2.24) is 4.98 Å². The van der Waals surface area contributed by atoms with Crippen LogP contribution in [-0.2, 0) is 23.0 Å². The van der Waals surface area contributed by atoms with Gasteiger partial charge in [-0.3, -0.25) is 0 Å². The maximum absolute atomic E-state index is 8.89. The van der Waals surface area contributed by atoms with Gasteiger partial charge in [-0.25, -0.2) is 9.55 Å². The number of nitrogens with zero attached hydrogens (tertiary/aromatic N) is 1. The van der Waals surface area contributed by atoms with Gasteiger partial charge in [-0.2, -0.15) is 0 Å². The number of aromatic amines is 1. The topological polar surface area (TPSA) is 89.3 Å². The number of imidazole rings is 1. The molecule has 0 saturated heterocycles. The van der Waals surface area contributed by atoms with Crippen molar-refractivity contribution < 1.29 is 24.3 Å². The summed E-state index contributed by atoms with van der Waals surface area (Å²) in [5, 5.41) is 17.3. The van der Waals surface area contributed by atoms with Gasteiger partial charge in [-0.1, -0.05) is 0 Å². The smallest absolute Gasteiger partial charge is 0.256 e. The Bertz CT molecular complexity index is 295. The predicted octanol–water partition coefficient (Wildman–Crippen LogP) is -1.85. The van der Waals surface area contributed by atoms with Crippen LogP contribution in [0.4, 0.5) is 0 Å². The minimum atomic E-state index is -1.08. The van der Waals surface area contributed by atoms with Gasteiger partial charge in [0.05, 0.1) is 33.3 Å². The molecule has 1 heterocycles. The van der Waals surface area contributed by atoms with E-state index in [-0.39, 0.29) is 6.61 Å². The van der Waals surface area contributed by atoms with Crippen molar-refractivity contribution in [2.24, 2.45) is 7.05 Å². The first-order chi connectivity index (χ1) is 7.57. The summed E-state index contributed by atoms with van der Waals surface area (Å²) < 4.78 is 7.14. The summed E-state index contributed by atoms with van der Waals surface area (Å²) >= 11 is 0. The summed E-state index contributed by atoms with van der Waals surface area (Å²) in [4.78, 5) is 12.0. The van der Waals surface area contributed by atoms with Crippen LogP contribution >= 0.6 is 0 Å². The zero-order valence-corrected chi connectivity index (χ0v) is 9.60. The quantitative estimate of drug-likeness (QED) is 0.459. The van der Waals surface area contributed by atoms with Crippen molar-refractivity contribution in [3.05, 3.63) is 18.2 Å².